The molecule has 0 spiro atoms. The summed E-state index contributed by atoms with van der Waals surface area (Å²) in [7, 11) is -1.77. The van der Waals surface area contributed by atoms with Crippen LogP contribution in [0.1, 0.15) is 33.6 Å². The van der Waals surface area contributed by atoms with Gasteiger partial charge < -0.3 is 10.6 Å². The number of carbonyl (C=O) groups excluding carboxylic acids is 2. The van der Waals surface area contributed by atoms with Crippen LogP contribution in [0.2, 0.25) is 0 Å². The van der Waals surface area contributed by atoms with Crippen LogP contribution in [0.15, 0.2) is 48.5 Å². The van der Waals surface area contributed by atoms with Gasteiger partial charge in [-0.15, -0.1) is 0 Å². The molecule has 2 N–H and O–H groups in total. The molecule has 1 fully saturated rings. The standard InChI is InChI=1S/C19H21N3O4S/c1-20-19(24)16-6-2-3-7-17(16)21-18(23)14-8-10-15(11-9-14)22-12-4-5-13-27(22,25)26/h2-3,6-11H,4-5,12-13H2,1H3,(H,20,24)(H,21,23). The molecule has 0 aliphatic carbocycles. The first-order valence-corrected chi connectivity index (χ1v) is 10.3. The Kier molecular flexibility index (Phi) is 5.46. The first kappa shape index (κ1) is 18.9. The van der Waals surface area contributed by atoms with Gasteiger partial charge in [0.15, 0.2) is 0 Å². The third-order valence-corrected chi connectivity index (χ3v) is 6.28. The van der Waals surface area contributed by atoms with E-state index < -0.39 is 10.0 Å². The molecule has 2 aromatic rings. The fraction of sp³-hybridized carbons (Fsp3) is 0.263. The Balaban J connectivity index is 1.78. The van der Waals surface area contributed by atoms with Crippen LogP contribution in [0, 0.1) is 0 Å². The molecule has 0 aromatic heterocycles. The molecule has 7 nitrogen and oxygen atoms in total. The van der Waals surface area contributed by atoms with Crippen LogP contribution in [0.5, 0.6) is 0 Å². The third kappa shape index (κ3) is 4.11. The van der Waals surface area contributed by atoms with E-state index in [1.54, 1.807) is 48.5 Å². The molecular weight excluding hydrogens is 366 g/mol. The molecule has 0 atom stereocenters. The summed E-state index contributed by atoms with van der Waals surface area (Å²) in [4.78, 5) is 24.4. The Hall–Kier alpha value is -2.87. The highest BCUT2D eigenvalue weighted by molar-refractivity contribution is 7.92. The van der Waals surface area contributed by atoms with Crippen molar-refractivity contribution in [2.45, 2.75) is 12.8 Å². The number of benzene rings is 2. The molecule has 0 unspecified atom stereocenters. The van der Waals surface area contributed by atoms with Gasteiger partial charge in [-0.3, -0.25) is 13.9 Å². The van der Waals surface area contributed by atoms with E-state index >= 15 is 0 Å². The SMILES string of the molecule is CNC(=O)c1ccccc1NC(=O)c1ccc(N2CCCCS2(=O)=O)cc1. The van der Waals surface area contributed by atoms with Gasteiger partial charge in [-0.1, -0.05) is 12.1 Å². The van der Waals surface area contributed by atoms with Crippen molar-refractivity contribution in [3.05, 3.63) is 59.7 Å². The zero-order valence-corrected chi connectivity index (χ0v) is 15.8. The minimum atomic E-state index is -3.29. The first-order valence-electron chi connectivity index (χ1n) is 8.65. The molecule has 1 aliphatic heterocycles. The Morgan fingerprint density at radius 1 is 0.963 bits per heavy atom. The lowest BCUT2D eigenvalue weighted by Crippen LogP contribution is -2.37. The predicted molar refractivity (Wildman–Crippen MR) is 105 cm³/mol. The van der Waals surface area contributed by atoms with Crippen LogP contribution in [0.3, 0.4) is 0 Å². The van der Waals surface area contributed by atoms with Gasteiger partial charge in [0.25, 0.3) is 11.8 Å². The average Bonchev–Trinajstić information content (AvgIpc) is 2.67. The van der Waals surface area contributed by atoms with E-state index in [4.69, 9.17) is 0 Å². The summed E-state index contributed by atoms with van der Waals surface area (Å²) >= 11 is 0. The number of carbonyl (C=O) groups is 2. The quantitative estimate of drug-likeness (QED) is 0.841. The normalized spacial score (nSPS) is 15.8. The minimum absolute atomic E-state index is 0.144. The van der Waals surface area contributed by atoms with Gasteiger partial charge in [0, 0.05) is 19.2 Å². The molecule has 3 rings (SSSR count). The van der Waals surface area contributed by atoms with Crippen molar-refractivity contribution in [2.24, 2.45) is 0 Å². The summed E-state index contributed by atoms with van der Waals surface area (Å²) in [6, 6.07) is 13.1. The molecule has 142 valence electrons. The van der Waals surface area contributed by atoms with Crippen molar-refractivity contribution in [2.75, 3.05) is 29.0 Å². The Labute approximate surface area is 158 Å². The van der Waals surface area contributed by atoms with E-state index in [-0.39, 0.29) is 17.6 Å². The lowest BCUT2D eigenvalue weighted by Gasteiger charge is -2.28. The van der Waals surface area contributed by atoms with Crippen molar-refractivity contribution in [1.82, 2.24) is 5.32 Å². The molecule has 1 heterocycles. The average molecular weight is 387 g/mol. The molecule has 2 amide bonds. The molecule has 0 saturated carbocycles. The highest BCUT2D eigenvalue weighted by Crippen LogP contribution is 2.24. The predicted octanol–water partition coefficient (Wildman–Crippen LogP) is 2.23. The molecule has 1 aliphatic rings. The highest BCUT2D eigenvalue weighted by atomic mass is 32.2. The summed E-state index contributed by atoms with van der Waals surface area (Å²) < 4.78 is 25.7. The van der Waals surface area contributed by atoms with E-state index in [0.717, 1.165) is 6.42 Å². The number of sulfonamides is 1. The molecular formula is C19H21N3O4S. The van der Waals surface area contributed by atoms with Gasteiger partial charge in [0.1, 0.15) is 0 Å². The fourth-order valence-corrected chi connectivity index (χ4v) is 4.62. The lowest BCUT2D eigenvalue weighted by molar-refractivity contribution is 0.0964. The molecule has 1 saturated heterocycles. The maximum atomic E-state index is 12.5. The van der Waals surface area contributed by atoms with Gasteiger partial charge in [-0.25, -0.2) is 8.42 Å². The first-order chi connectivity index (χ1) is 12.9. The maximum Gasteiger partial charge on any atom is 0.255 e. The van der Waals surface area contributed by atoms with Crippen LogP contribution in [-0.4, -0.2) is 39.6 Å². The number of nitrogens with zero attached hydrogens (tertiary/aromatic N) is 1. The Morgan fingerprint density at radius 2 is 1.67 bits per heavy atom. The molecule has 2 aromatic carbocycles. The van der Waals surface area contributed by atoms with E-state index in [2.05, 4.69) is 10.6 Å². The summed E-state index contributed by atoms with van der Waals surface area (Å²) in [5, 5.41) is 5.26. The van der Waals surface area contributed by atoms with Crippen LogP contribution >= 0.6 is 0 Å². The van der Waals surface area contributed by atoms with E-state index in [0.29, 0.717) is 35.5 Å². The number of para-hydroxylation sites is 1. The molecule has 8 heteroatoms. The second-order valence-corrected chi connectivity index (χ2v) is 8.23. The van der Waals surface area contributed by atoms with E-state index in [1.165, 1.54) is 11.4 Å². The fourth-order valence-electron chi connectivity index (χ4n) is 2.98. The zero-order chi connectivity index (χ0) is 19.4. The van der Waals surface area contributed by atoms with Crippen molar-refractivity contribution in [3.63, 3.8) is 0 Å². The van der Waals surface area contributed by atoms with Crippen LogP contribution in [0.25, 0.3) is 0 Å². The van der Waals surface area contributed by atoms with Gasteiger partial charge in [-0.05, 0) is 49.2 Å². The van der Waals surface area contributed by atoms with E-state index in [9.17, 15) is 18.0 Å². The highest BCUT2D eigenvalue weighted by Gasteiger charge is 2.26. The van der Waals surface area contributed by atoms with Crippen molar-refractivity contribution in [3.8, 4) is 0 Å². The molecule has 0 radical (unpaired) electrons. The smallest absolute Gasteiger partial charge is 0.255 e. The molecule has 0 bridgehead atoms. The zero-order valence-electron chi connectivity index (χ0n) is 14.9. The second-order valence-electron chi connectivity index (χ2n) is 6.22. The summed E-state index contributed by atoms with van der Waals surface area (Å²) in [5.74, 6) is -0.526. The van der Waals surface area contributed by atoms with Gasteiger partial charge in [0.05, 0.1) is 22.7 Å². The number of nitrogens with one attached hydrogen (secondary N) is 2. The summed E-state index contributed by atoms with van der Waals surface area (Å²) in [5.41, 5.74) is 1.70. The summed E-state index contributed by atoms with van der Waals surface area (Å²) in [6.45, 7) is 0.452. The number of anilines is 2. The van der Waals surface area contributed by atoms with Gasteiger partial charge >= 0.3 is 0 Å². The number of amides is 2. The minimum Gasteiger partial charge on any atom is -0.355 e. The van der Waals surface area contributed by atoms with Crippen molar-refractivity contribution >= 4 is 33.2 Å². The van der Waals surface area contributed by atoms with Crippen LogP contribution in [0.4, 0.5) is 11.4 Å². The number of hydrogen-bond acceptors (Lipinski definition) is 4. The number of rotatable bonds is 4. The second kappa shape index (κ2) is 7.79. The van der Waals surface area contributed by atoms with Crippen LogP contribution in [-0.2, 0) is 10.0 Å². The van der Waals surface area contributed by atoms with Crippen molar-refractivity contribution in [1.29, 1.82) is 0 Å². The Morgan fingerprint density at radius 3 is 2.33 bits per heavy atom. The topological polar surface area (TPSA) is 95.6 Å². The van der Waals surface area contributed by atoms with Gasteiger partial charge in [0.2, 0.25) is 10.0 Å². The van der Waals surface area contributed by atoms with Crippen LogP contribution < -0.4 is 14.9 Å². The lowest BCUT2D eigenvalue weighted by atomic mass is 10.1. The third-order valence-electron chi connectivity index (χ3n) is 4.41. The largest absolute Gasteiger partial charge is 0.355 e. The van der Waals surface area contributed by atoms with Gasteiger partial charge in [-0.2, -0.15) is 0 Å². The molecule has 27 heavy (non-hydrogen) atoms. The Bertz CT molecular complexity index is 955. The van der Waals surface area contributed by atoms with Crippen molar-refractivity contribution < 1.29 is 18.0 Å². The number of hydrogen-bond donors (Lipinski definition) is 2. The monoisotopic (exact) mass is 387 g/mol. The summed E-state index contributed by atoms with van der Waals surface area (Å²) in [6.07, 6.45) is 1.49. The maximum absolute atomic E-state index is 12.5. The van der Waals surface area contributed by atoms with E-state index in [1.807, 2.05) is 0 Å².